The van der Waals surface area contributed by atoms with Crippen LogP contribution in [0.2, 0.25) is 5.02 Å². The molecule has 1 amide bonds. The third-order valence-corrected chi connectivity index (χ3v) is 6.88. The molecule has 4 rings (SSSR count). The van der Waals surface area contributed by atoms with Crippen molar-refractivity contribution in [1.82, 2.24) is 0 Å². The summed E-state index contributed by atoms with van der Waals surface area (Å²) in [5.41, 5.74) is 1.52. The van der Waals surface area contributed by atoms with E-state index < -0.39 is 5.41 Å². The fourth-order valence-corrected chi connectivity index (χ4v) is 5.63. The maximum Gasteiger partial charge on any atom is 0.260 e. The summed E-state index contributed by atoms with van der Waals surface area (Å²) >= 11 is 6.59. The third-order valence-electron chi connectivity index (χ3n) is 6.53. The van der Waals surface area contributed by atoms with Gasteiger partial charge in [0.1, 0.15) is 11.2 Å². The highest BCUT2D eigenvalue weighted by atomic mass is 35.5. The van der Waals surface area contributed by atoms with E-state index in [-0.39, 0.29) is 23.5 Å². The van der Waals surface area contributed by atoms with E-state index in [1.54, 1.807) is 0 Å². The molecule has 1 saturated carbocycles. The molecule has 0 radical (unpaired) electrons. The van der Waals surface area contributed by atoms with Gasteiger partial charge in [0.2, 0.25) is 0 Å². The van der Waals surface area contributed by atoms with Gasteiger partial charge in [-0.15, -0.1) is 0 Å². The zero-order valence-corrected chi connectivity index (χ0v) is 18.4. The number of benzene rings is 2. The first kappa shape index (κ1) is 20.8. The lowest BCUT2D eigenvalue weighted by molar-refractivity contribution is -0.134. The minimum atomic E-state index is -0.862. The summed E-state index contributed by atoms with van der Waals surface area (Å²) in [5.74, 6) is 0.0754. The van der Waals surface area contributed by atoms with Gasteiger partial charge in [-0.05, 0) is 48.9 Å². The van der Waals surface area contributed by atoms with Gasteiger partial charge in [-0.1, -0.05) is 61.8 Å². The van der Waals surface area contributed by atoms with Crippen molar-refractivity contribution in [2.24, 2.45) is 22.4 Å². The maximum absolute atomic E-state index is 14.1. The SMILES string of the molecule is CC1=NN(c2ccccc2)C(=O)[C@@]12[C@H](CC(C)C)CC(=O)C[C@H]2c1ccccc1Cl. The van der Waals surface area contributed by atoms with Gasteiger partial charge >= 0.3 is 0 Å². The number of nitrogens with zero attached hydrogens (tertiary/aromatic N) is 2. The molecule has 0 aromatic heterocycles. The Balaban J connectivity index is 1.90. The van der Waals surface area contributed by atoms with Crippen molar-refractivity contribution in [2.75, 3.05) is 5.01 Å². The van der Waals surface area contributed by atoms with Crippen LogP contribution in [-0.4, -0.2) is 17.4 Å². The van der Waals surface area contributed by atoms with Crippen LogP contribution >= 0.6 is 11.6 Å². The third kappa shape index (κ3) is 3.27. The van der Waals surface area contributed by atoms with Crippen molar-refractivity contribution in [3.05, 3.63) is 65.2 Å². The van der Waals surface area contributed by atoms with Crippen LogP contribution in [0.5, 0.6) is 0 Å². The minimum absolute atomic E-state index is 0.0470. The van der Waals surface area contributed by atoms with Gasteiger partial charge in [-0.25, -0.2) is 0 Å². The Hall–Kier alpha value is -2.46. The molecule has 0 saturated heterocycles. The van der Waals surface area contributed by atoms with Crippen molar-refractivity contribution in [2.45, 2.75) is 46.0 Å². The van der Waals surface area contributed by atoms with E-state index in [4.69, 9.17) is 16.7 Å². The summed E-state index contributed by atoms with van der Waals surface area (Å²) in [6, 6.07) is 17.1. The molecule has 4 nitrogen and oxygen atoms in total. The second-order valence-corrected chi connectivity index (χ2v) is 9.26. The summed E-state index contributed by atoms with van der Waals surface area (Å²) in [7, 11) is 0. The number of ketones is 1. The highest BCUT2D eigenvalue weighted by Gasteiger charge is 2.62. The quantitative estimate of drug-likeness (QED) is 0.619. The minimum Gasteiger partial charge on any atom is -0.300 e. The molecule has 5 heteroatoms. The summed E-state index contributed by atoms with van der Waals surface area (Å²) in [4.78, 5) is 27.0. The molecule has 2 aromatic rings. The molecule has 0 N–H and O–H groups in total. The predicted octanol–water partition coefficient (Wildman–Crippen LogP) is 5.86. The Kier molecular flexibility index (Phi) is 5.54. The standard InChI is InChI=1S/C25H27ClN2O2/c1-16(2)13-18-14-20(29)15-22(21-11-7-8-12-23(21)26)25(18)17(3)27-28(24(25)30)19-9-5-4-6-10-19/h4-12,16,18,22H,13-15H2,1-3H3/t18-,22+,25-/m1/s1. The molecule has 1 aliphatic heterocycles. The number of carbonyl (C=O) groups is 2. The molecule has 0 bridgehead atoms. The molecule has 30 heavy (non-hydrogen) atoms. The monoisotopic (exact) mass is 422 g/mol. The molecule has 156 valence electrons. The number of rotatable bonds is 4. The summed E-state index contributed by atoms with van der Waals surface area (Å²) in [6.07, 6.45) is 1.49. The highest BCUT2D eigenvalue weighted by molar-refractivity contribution is 6.31. The molecule has 3 atom stereocenters. The van der Waals surface area contributed by atoms with E-state index in [0.717, 1.165) is 23.4 Å². The van der Waals surface area contributed by atoms with Crippen LogP contribution < -0.4 is 5.01 Å². The fraction of sp³-hybridized carbons (Fsp3) is 0.400. The van der Waals surface area contributed by atoms with Crippen LogP contribution in [0.4, 0.5) is 5.69 Å². The fourth-order valence-electron chi connectivity index (χ4n) is 5.37. The molecule has 1 heterocycles. The average molecular weight is 423 g/mol. The zero-order valence-electron chi connectivity index (χ0n) is 17.6. The van der Waals surface area contributed by atoms with E-state index in [1.807, 2.05) is 61.5 Å². The van der Waals surface area contributed by atoms with Gasteiger partial charge in [0, 0.05) is 23.8 Å². The van der Waals surface area contributed by atoms with E-state index in [1.165, 1.54) is 5.01 Å². The predicted molar refractivity (Wildman–Crippen MR) is 121 cm³/mol. The van der Waals surface area contributed by atoms with Crippen molar-refractivity contribution in [1.29, 1.82) is 0 Å². The van der Waals surface area contributed by atoms with E-state index in [9.17, 15) is 9.59 Å². The number of hydrogen-bond donors (Lipinski definition) is 0. The summed E-state index contributed by atoms with van der Waals surface area (Å²) in [5, 5.41) is 6.88. The lowest BCUT2D eigenvalue weighted by atomic mass is 9.54. The van der Waals surface area contributed by atoms with Gasteiger partial charge in [-0.2, -0.15) is 10.1 Å². The lowest BCUT2D eigenvalue weighted by Crippen LogP contribution is -2.53. The Morgan fingerprint density at radius 1 is 1.07 bits per heavy atom. The average Bonchev–Trinajstić information content (AvgIpc) is 2.97. The van der Waals surface area contributed by atoms with E-state index in [2.05, 4.69) is 13.8 Å². The largest absolute Gasteiger partial charge is 0.300 e. The van der Waals surface area contributed by atoms with Gasteiger partial charge in [0.15, 0.2) is 0 Å². The van der Waals surface area contributed by atoms with Gasteiger partial charge < -0.3 is 0 Å². The second-order valence-electron chi connectivity index (χ2n) is 8.85. The molecule has 1 fully saturated rings. The number of hydrogen-bond acceptors (Lipinski definition) is 3. The van der Waals surface area contributed by atoms with E-state index >= 15 is 0 Å². The summed E-state index contributed by atoms with van der Waals surface area (Å²) in [6.45, 7) is 6.21. The molecule has 1 aliphatic carbocycles. The highest BCUT2D eigenvalue weighted by Crippen LogP contribution is 2.57. The zero-order chi connectivity index (χ0) is 21.5. The van der Waals surface area contributed by atoms with Crippen molar-refractivity contribution in [3.8, 4) is 0 Å². The van der Waals surface area contributed by atoms with Crippen molar-refractivity contribution in [3.63, 3.8) is 0 Å². The van der Waals surface area contributed by atoms with Gasteiger partial charge in [0.05, 0.1) is 11.4 Å². The Morgan fingerprint density at radius 2 is 1.73 bits per heavy atom. The first-order chi connectivity index (χ1) is 14.4. The topological polar surface area (TPSA) is 49.7 Å². The molecule has 2 aromatic carbocycles. The Labute approximate surface area is 182 Å². The number of Topliss-reactive ketones (excluding diaryl/α,β-unsaturated/α-hetero) is 1. The number of amides is 1. The lowest BCUT2D eigenvalue weighted by Gasteiger charge is -2.46. The Bertz CT molecular complexity index is 1000. The molecular weight excluding hydrogens is 396 g/mol. The first-order valence-electron chi connectivity index (χ1n) is 10.6. The number of para-hydroxylation sites is 1. The smallest absolute Gasteiger partial charge is 0.260 e. The van der Waals surface area contributed by atoms with Crippen LogP contribution in [0.3, 0.4) is 0 Å². The number of carbonyl (C=O) groups excluding carboxylic acids is 2. The van der Waals surface area contributed by atoms with Crippen LogP contribution in [0.15, 0.2) is 59.7 Å². The molecule has 0 unspecified atom stereocenters. The van der Waals surface area contributed by atoms with Crippen LogP contribution in [0, 0.1) is 17.3 Å². The van der Waals surface area contributed by atoms with Gasteiger partial charge in [0.25, 0.3) is 5.91 Å². The number of anilines is 1. The van der Waals surface area contributed by atoms with Crippen molar-refractivity contribution < 1.29 is 9.59 Å². The molecular formula is C25H27ClN2O2. The Morgan fingerprint density at radius 3 is 2.40 bits per heavy atom. The van der Waals surface area contributed by atoms with Crippen LogP contribution in [0.1, 0.15) is 51.5 Å². The first-order valence-corrected chi connectivity index (χ1v) is 10.9. The van der Waals surface area contributed by atoms with Crippen LogP contribution in [0.25, 0.3) is 0 Å². The van der Waals surface area contributed by atoms with Crippen LogP contribution in [-0.2, 0) is 9.59 Å². The second kappa shape index (κ2) is 7.99. The number of hydrazone groups is 1. The molecule has 1 spiro atoms. The van der Waals surface area contributed by atoms with E-state index in [0.29, 0.717) is 23.8 Å². The molecule has 2 aliphatic rings. The summed E-state index contributed by atoms with van der Waals surface area (Å²) < 4.78 is 0. The number of halogens is 1. The van der Waals surface area contributed by atoms with Gasteiger partial charge in [-0.3, -0.25) is 9.59 Å². The maximum atomic E-state index is 14.1. The normalized spacial score (nSPS) is 26.6. The van der Waals surface area contributed by atoms with Crippen molar-refractivity contribution >= 4 is 34.7 Å².